The number of nitrogens with zero attached hydrogens (tertiary/aromatic N) is 1. The first-order valence-corrected chi connectivity index (χ1v) is 5.48. The molecule has 0 aliphatic heterocycles. The molecule has 0 spiro atoms. The summed E-state index contributed by atoms with van der Waals surface area (Å²) in [5.41, 5.74) is 2.17. The van der Waals surface area contributed by atoms with E-state index in [1.54, 1.807) is 6.92 Å². The zero-order valence-electron chi connectivity index (χ0n) is 10.5. The summed E-state index contributed by atoms with van der Waals surface area (Å²) in [6, 6.07) is 0. The topological polar surface area (TPSA) is 20.3 Å². The third kappa shape index (κ3) is 8.13. The quantitative estimate of drug-likeness (QED) is 0.601. The number of carbonyl (C=O) groups is 1. The lowest BCUT2D eigenvalue weighted by Crippen LogP contribution is -2.21. The van der Waals surface area contributed by atoms with Crippen LogP contribution in [0.15, 0.2) is 23.8 Å². The van der Waals surface area contributed by atoms with E-state index in [-0.39, 0.29) is 5.78 Å². The van der Waals surface area contributed by atoms with Crippen LogP contribution < -0.4 is 0 Å². The van der Waals surface area contributed by atoms with Crippen molar-refractivity contribution in [2.45, 2.75) is 33.6 Å². The standard InChI is InChI=1S/C13H23NO/c1-6-7-14(5)10-12(3)8-11(2)9-13(4)15/h8H,3,6-7,9-10H2,1-2,4-5H3/b11-8+. The Balaban J connectivity index is 4.06. The van der Waals surface area contributed by atoms with Gasteiger partial charge in [0.05, 0.1) is 0 Å². The molecule has 0 amide bonds. The fourth-order valence-corrected chi connectivity index (χ4v) is 1.65. The highest BCUT2D eigenvalue weighted by molar-refractivity contribution is 5.78. The van der Waals surface area contributed by atoms with Crippen molar-refractivity contribution in [3.8, 4) is 0 Å². The van der Waals surface area contributed by atoms with E-state index in [0.29, 0.717) is 6.42 Å². The van der Waals surface area contributed by atoms with Gasteiger partial charge in [-0.1, -0.05) is 25.2 Å². The molecule has 0 saturated heterocycles. The Kier molecular flexibility index (Phi) is 6.97. The van der Waals surface area contributed by atoms with Gasteiger partial charge in [0.1, 0.15) is 5.78 Å². The molecule has 2 nitrogen and oxygen atoms in total. The minimum absolute atomic E-state index is 0.207. The molecular formula is C13H23NO. The molecule has 0 aromatic rings. The minimum atomic E-state index is 0.207. The van der Waals surface area contributed by atoms with E-state index in [4.69, 9.17) is 0 Å². The molecular weight excluding hydrogens is 186 g/mol. The summed E-state index contributed by atoms with van der Waals surface area (Å²) in [6.07, 6.45) is 3.71. The molecule has 0 radical (unpaired) electrons. The third-order valence-electron chi connectivity index (χ3n) is 2.06. The van der Waals surface area contributed by atoms with Gasteiger partial charge in [0.25, 0.3) is 0 Å². The fourth-order valence-electron chi connectivity index (χ4n) is 1.65. The van der Waals surface area contributed by atoms with Gasteiger partial charge >= 0.3 is 0 Å². The Bertz CT molecular complexity index is 253. The summed E-state index contributed by atoms with van der Waals surface area (Å²) in [4.78, 5) is 13.1. The van der Waals surface area contributed by atoms with Crippen molar-refractivity contribution >= 4 is 5.78 Å². The van der Waals surface area contributed by atoms with Gasteiger partial charge in [0.2, 0.25) is 0 Å². The van der Waals surface area contributed by atoms with Crippen molar-refractivity contribution < 1.29 is 4.79 Å². The van der Waals surface area contributed by atoms with E-state index in [1.165, 1.54) is 0 Å². The van der Waals surface area contributed by atoms with Crippen molar-refractivity contribution in [1.82, 2.24) is 4.90 Å². The third-order valence-corrected chi connectivity index (χ3v) is 2.06. The van der Waals surface area contributed by atoms with Gasteiger partial charge in [-0.3, -0.25) is 4.79 Å². The number of hydrogen-bond acceptors (Lipinski definition) is 2. The van der Waals surface area contributed by atoms with Crippen molar-refractivity contribution in [3.63, 3.8) is 0 Å². The summed E-state index contributed by atoms with van der Waals surface area (Å²) < 4.78 is 0. The maximum absolute atomic E-state index is 10.9. The van der Waals surface area contributed by atoms with Crippen molar-refractivity contribution in [2.24, 2.45) is 0 Å². The highest BCUT2D eigenvalue weighted by Crippen LogP contribution is 2.06. The predicted molar refractivity (Wildman–Crippen MR) is 66.0 cm³/mol. The van der Waals surface area contributed by atoms with Crippen molar-refractivity contribution in [3.05, 3.63) is 23.8 Å². The number of hydrogen-bond donors (Lipinski definition) is 0. The first kappa shape index (κ1) is 14.1. The van der Waals surface area contributed by atoms with Crippen LogP contribution >= 0.6 is 0 Å². The Morgan fingerprint density at radius 3 is 2.47 bits per heavy atom. The van der Waals surface area contributed by atoms with Crippen LogP contribution in [0, 0.1) is 0 Å². The average molecular weight is 209 g/mol. The van der Waals surface area contributed by atoms with E-state index in [9.17, 15) is 4.79 Å². The van der Waals surface area contributed by atoms with Crippen molar-refractivity contribution in [1.29, 1.82) is 0 Å². The molecule has 0 N–H and O–H groups in total. The second-order valence-electron chi connectivity index (χ2n) is 4.27. The van der Waals surface area contributed by atoms with E-state index in [0.717, 1.165) is 30.7 Å². The number of rotatable bonds is 7. The van der Waals surface area contributed by atoms with Gasteiger partial charge in [-0.25, -0.2) is 0 Å². The first-order chi connectivity index (χ1) is 6.95. The number of Topliss-reactive ketones (excluding diaryl/α,β-unsaturated/α-hetero) is 1. The average Bonchev–Trinajstić information content (AvgIpc) is 2.00. The smallest absolute Gasteiger partial charge is 0.133 e. The van der Waals surface area contributed by atoms with E-state index in [2.05, 4.69) is 25.5 Å². The van der Waals surface area contributed by atoms with Gasteiger partial charge in [-0.2, -0.15) is 0 Å². The molecule has 0 bridgehead atoms. The molecule has 15 heavy (non-hydrogen) atoms. The van der Waals surface area contributed by atoms with Crippen LogP contribution in [0.25, 0.3) is 0 Å². The van der Waals surface area contributed by atoms with Gasteiger partial charge in [0.15, 0.2) is 0 Å². The maximum atomic E-state index is 10.9. The van der Waals surface area contributed by atoms with Crippen LogP contribution in [0.1, 0.15) is 33.6 Å². The van der Waals surface area contributed by atoms with Crippen molar-refractivity contribution in [2.75, 3.05) is 20.1 Å². The number of ketones is 1. The second kappa shape index (κ2) is 7.41. The van der Waals surface area contributed by atoms with E-state index in [1.807, 2.05) is 13.0 Å². The van der Waals surface area contributed by atoms with Crippen LogP contribution in [0.3, 0.4) is 0 Å². The molecule has 0 unspecified atom stereocenters. The van der Waals surface area contributed by atoms with Crippen LogP contribution in [0.5, 0.6) is 0 Å². The van der Waals surface area contributed by atoms with E-state index >= 15 is 0 Å². The highest BCUT2D eigenvalue weighted by atomic mass is 16.1. The summed E-state index contributed by atoms with van der Waals surface area (Å²) in [7, 11) is 2.09. The molecule has 0 atom stereocenters. The van der Waals surface area contributed by atoms with Crippen LogP contribution in [0.2, 0.25) is 0 Å². The maximum Gasteiger partial charge on any atom is 0.133 e. The minimum Gasteiger partial charge on any atom is -0.302 e. The number of allylic oxidation sites excluding steroid dienone is 1. The molecule has 0 aromatic carbocycles. The Morgan fingerprint density at radius 2 is 2.00 bits per heavy atom. The first-order valence-electron chi connectivity index (χ1n) is 5.48. The molecule has 0 rings (SSSR count). The summed E-state index contributed by atoms with van der Waals surface area (Å²) >= 11 is 0. The summed E-state index contributed by atoms with van der Waals surface area (Å²) in [5, 5.41) is 0. The van der Waals surface area contributed by atoms with Crippen LogP contribution in [0.4, 0.5) is 0 Å². The molecule has 0 aromatic heterocycles. The lowest BCUT2D eigenvalue weighted by molar-refractivity contribution is -0.116. The molecule has 0 fully saturated rings. The molecule has 2 heteroatoms. The zero-order chi connectivity index (χ0) is 11.8. The number of carbonyl (C=O) groups excluding carboxylic acids is 1. The zero-order valence-corrected chi connectivity index (χ0v) is 10.5. The van der Waals surface area contributed by atoms with E-state index < -0.39 is 0 Å². The highest BCUT2D eigenvalue weighted by Gasteiger charge is 2.00. The van der Waals surface area contributed by atoms with Gasteiger partial charge in [0, 0.05) is 13.0 Å². The van der Waals surface area contributed by atoms with Gasteiger partial charge in [-0.05, 0) is 39.4 Å². The Hall–Kier alpha value is -0.890. The molecule has 0 aliphatic carbocycles. The lowest BCUT2D eigenvalue weighted by Gasteiger charge is -2.15. The molecule has 0 saturated carbocycles. The lowest BCUT2D eigenvalue weighted by atomic mass is 10.1. The van der Waals surface area contributed by atoms with Crippen LogP contribution in [-0.4, -0.2) is 30.8 Å². The molecule has 86 valence electrons. The largest absolute Gasteiger partial charge is 0.302 e. The summed E-state index contributed by atoms with van der Waals surface area (Å²) in [5.74, 6) is 0.207. The second-order valence-corrected chi connectivity index (χ2v) is 4.27. The normalized spacial score (nSPS) is 11.9. The molecule has 0 aliphatic rings. The fraction of sp³-hybridized carbons (Fsp3) is 0.615. The Morgan fingerprint density at radius 1 is 1.40 bits per heavy atom. The Labute approximate surface area is 93.7 Å². The SMILES string of the molecule is C=C(/C=C(\C)CC(C)=O)CN(C)CCC. The van der Waals surface area contributed by atoms with Crippen LogP contribution in [-0.2, 0) is 4.79 Å². The predicted octanol–water partition coefficient (Wildman–Crippen LogP) is 2.81. The number of likely N-dealkylation sites (N-methyl/N-ethyl adjacent to an activating group) is 1. The monoisotopic (exact) mass is 209 g/mol. The molecule has 0 heterocycles. The van der Waals surface area contributed by atoms with Gasteiger partial charge in [-0.15, -0.1) is 0 Å². The summed E-state index contributed by atoms with van der Waals surface area (Å²) in [6.45, 7) is 11.7. The van der Waals surface area contributed by atoms with Gasteiger partial charge < -0.3 is 4.90 Å².